The number of hydrogen-bond donors (Lipinski definition) is 0. The second-order valence-electron chi connectivity index (χ2n) is 4.50. The van der Waals surface area contributed by atoms with Crippen molar-refractivity contribution in [2.45, 2.75) is 19.3 Å². The van der Waals surface area contributed by atoms with E-state index in [2.05, 4.69) is 11.0 Å². The Kier molecular flexibility index (Phi) is 4.86. The molecule has 0 N–H and O–H groups in total. The molecule has 0 aromatic heterocycles. The van der Waals surface area contributed by atoms with Crippen LogP contribution in [-0.4, -0.2) is 31.1 Å². The molecule has 96 valence electrons. The summed E-state index contributed by atoms with van der Waals surface area (Å²) in [4.78, 5) is 2.40. The second kappa shape index (κ2) is 6.63. The van der Waals surface area contributed by atoms with E-state index in [1.807, 2.05) is 0 Å². The number of ether oxygens (including phenoxy) is 1. The van der Waals surface area contributed by atoms with E-state index in [1.165, 1.54) is 19.3 Å². The van der Waals surface area contributed by atoms with Crippen LogP contribution in [0.5, 0.6) is 5.75 Å². The highest BCUT2D eigenvalue weighted by molar-refractivity contribution is 6.30. The molecule has 0 radical (unpaired) electrons. The van der Waals surface area contributed by atoms with Gasteiger partial charge in [0.25, 0.3) is 0 Å². The van der Waals surface area contributed by atoms with Gasteiger partial charge < -0.3 is 4.74 Å². The summed E-state index contributed by atoms with van der Waals surface area (Å²) in [6.45, 7) is 3.83. The van der Waals surface area contributed by atoms with Crippen LogP contribution in [-0.2, 0) is 0 Å². The first-order valence-electron chi connectivity index (χ1n) is 6.34. The number of piperidine rings is 1. The molecule has 0 amide bonds. The van der Waals surface area contributed by atoms with Crippen LogP contribution in [0.25, 0.3) is 0 Å². The van der Waals surface area contributed by atoms with E-state index in [9.17, 15) is 0 Å². The van der Waals surface area contributed by atoms with Gasteiger partial charge in [-0.1, -0.05) is 18.0 Å². The summed E-state index contributed by atoms with van der Waals surface area (Å²) < 4.78 is 5.66. The molecule has 18 heavy (non-hydrogen) atoms. The summed E-state index contributed by atoms with van der Waals surface area (Å²) >= 11 is 5.90. The van der Waals surface area contributed by atoms with Gasteiger partial charge in [-0.2, -0.15) is 5.26 Å². The molecule has 4 heteroatoms. The minimum Gasteiger partial charge on any atom is -0.491 e. The Bertz CT molecular complexity index is 436. The van der Waals surface area contributed by atoms with E-state index in [0.717, 1.165) is 19.6 Å². The molecule has 1 saturated heterocycles. The summed E-state index contributed by atoms with van der Waals surface area (Å²) in [5.74, 6) is 0.585. The topological polar surface area (TPSA) is 36.3 Å². The minimum atomic E-state index is 0.540. The predicted octanol–water partition coefficient (Wildman–Crippen LogP) is 3.08. The van der Waals surface area contributed by atoms with E-state index in [1.54, 1.807) is 18.2 Å². The van der Waals surface area contributed by atoms with Crippen LogP contribution in [0.2, 0.25) is 5.02 Å². The summed E-state index contributed by atoms with van der Waals surface area (Å²) in [6, 6.07) is 7.22. The zero-order chi connectivity index (χ0) is 12.8. The van der Waals surface area contributed by atoms with Gasteiger partial charge in [0.05, 0.1) is 5.56 Å². The number of likely N-dealkylation sites (tertiary alicyclic amines) is 1. The third-order valence-corrected chi connectivity index (χ3v) is 3.41. The van der Waals surface area contributed by atoms with Crippen molar-refractivity contribution in [2.75, 3.05) is 26.2 Å². The van der Waals surface area contributed by atoms with Crippen molar-refractivity contribution in [3.8, 4) is 11.8 Å². The van der Waals surface area contributed by atoms with Crippen LogP contribution >= 0.6 is 11.6 Å². The Hall–Kier alpha value is -1.24. The Morgan fingerprint density at radius 1 is 1.28 bits per heavy atom. The van der Waals surface area contributed by atoms with Gasteiger partial charge in [0, 0.05) is 17.6 Å². The van der Waals surface area contributed by atoms with Crippen molar-refractivity contribution in [3.05, 3.63) is 28.8 Å². The highest BCUT2D eigenvalue weighted by Gasteiger charge is 2.10. The molecule has 0 saturated carbocycles. The van der Waals surface area contributed by atoms with E-state index in [0.29, 0.717) is 22.9 Å². The third kappa shape index (κ3) is 3.63. The van der Waals surface area contributed by atoms with Gasteiger partial charge in [-0.15, -0.1) is 0 Å². The first-order chi connectivity index (χ1) is 8.79. The molecule has 0 bridgehead atoms. The lowest BCUT2D eigenvalue weighted by Gasteiger charge is -2.26. The molecule has 1 heterocycles. The maximum absolute atomic E-state index is 8.97. The van der Waals surface area contributed by atoms with Crippen molar-refractivity contribution in [3.63, 3.8) is 0 Å². The molecule has 1 fully saturated rings. The normalized spacial score (nSPS) is 16.2. The maximum atomic E-state index is 8.97. The monoisotopic (exact) mass is 264 g/mol. The molecule has 1 aromatic rings. The van der Waals surface area contributed by atoms with Crippen molar-refractivity contribution in [1.82, 2.24) is 4.90 Å². The number of nitrogens with zero attached hydrogens (tertiary/aromatic N) is 2. The summed E-state index contributed by atoms with van der Waals surface area (Å²) in [5.41, 5.74) is 0.540. The average molecular weight is 265 g/mol. The Balaban J connectivity index is 1.86. The first kappa shape index (κ1) is 13.2. The van der Waals surface area contributed by atoms with E-state index < -0.39 is 0 Å². The van der Waals surface area contributed by atoms with Crippen LogP contribution < -0.4 is 4.74 Å². The van der Waals surface area contributed by atoms with Gasteiger partial charge >= 0.3 is 0 Å². The molecular formula is C14H17ClN2O. The molecule has 1 aromatic carbocycles. The third-order valence-electron chi connectivity index (χ3n) is 3.18. The number of hydrogen-bond acceptors (Lipinski definition) is 3. The van der Waals surface area contributed by atoms with Gasteiger partial charge in [-0.05, 0) is 38.1 Å². The number of nitriles is 1. The predicted molar refractivity (Wildman–Crippen MR) is 72.0 cm³/mol. The zero-order valence-corrected chi connectivity index (χ0v) is 11.1. The van der Waals surface area contributed by atoms with Crippen LogP contribution in [0, 0.1) is 11.3 Å². The summed E-state index contributed by atoms with van der Waals surface area (Å²) in [6.07, 6.45) is 3.89. The van der Waals surface area contributed by atoms with Gasteiger partial charge in [0.15, 0.2) is 0 Å². The molecule has 0 unspecified atom stereocenters. The lowest BCUT2D eigenvalue weighted by atomic mass is 10.1. The van der Waals surface area contributed by atoms with Crippen molar-refractivity contribution >= 4 is 11.6 Å². The second-order valence-corrected chi connectivity index (χ2v) is 4.94. The maximum Gasteiger partial charge on any atom is 0.138 e. The molecule has 3 nitrogen and oxygen atoms in total. The van der Waals surface area contributed by atoms with Crippen LogP contribution in [0.1, 0.15) is 24.8 Å². The van der Waals surface area contributed by atoms with E-state index in [-0.39, 0.29) is 0 Å². The largest absolute Gasteiger partial charge is 0.491 e. The van der Waals surface area contributed by atoms with Crippen LogP contribution in [0.15, 0.2) is 18.2 Å². The minimum absolute atomic E-state index is 0.540. The van der Waals surface area contributed by atoms with E-state index >= 15 is 0 Å². The van der Waals surface area contributed by atoms with Crippen molar-refractivity contribution < 1.29 is 4.74 Å². The SMILES string of the molecule is N#Cc1ccc(Cl)cc1OCCN1CCCCC1. The fourth-order valence-corrected chi connectivity index (χ4v) is 2.34. The van der Waals surface area contributed by atoms with Gasteiger partial charge in [0.1, 0.15) is 18.4 Å². The lowest BCUT2D eigenvalue weighted by Crippen LogP contribution is -2.33. The number of halogens is 1. The Morgan fingerprint density at radius 2 is 2.06 bits per heavy atom. The van der Waals surface area contributed by atoms with Gasteiger partial charge in [-0.25, -0.2) is 0 Å². The molecule has 2 rings (SSSR count). The molecule has 1 aliphatic heterocycles. The van der Waals surface area contributed by atoms with Crippen molar-refractivity contribution in [2.24, 2.45) is 0 Å². The molecule has 0 aliphatic carbocycles. The molecule has 0 atom stereocenters. The molecular weight excluding hydrogens is 248 g/mol. The van der Waals surface area contributed by atoms with Gasteiger partial charge in [0.2, 0.25) is 0 Å². The standard InChI is InChI=1S/C14H17ClN2O/c15-13-5-4-12(11-16)14(10-13)18-9-8-17-6-2-1-3-7-17/h4-5,10H,1-3,6-9H2. The summed E-state index contributed by atoms with van der Waals surface area (Å²) in [7, 11) is 0. The Labute approximate surface area is 113 Å². The first-order valence-corrected chi connectivity index (χ1v) is 6.72. The highest BCUT2D eigenvalue weighted by Crippen LogP contribution is 2.22. The van der Waals surface area contributed by atoms with Gasteiger partial charge in [-0.3, -0.25) is 4.90 Å². The zero-order valence-electron chi connectivity index (χ0n) is 10.4. The number of benzene rings is 1. The number of rotatable bonds is 4. The summed E-state index contributed by atoms with van der Waals surface area (Å²) in [5, 5.41) is 9.57. The van der Waals surface area contributed by atoms with Crippen LogP contribution in [0.4, 0.5) is 0 Å². The fraction of sp³-hybridized carbons (Fsp3) is 0.500. The highest BCUT2D eigenvalue weighted by atomic mass is 35.5. The van der Waals surface area contributed by atoms with Crippen molar-refractivity contribution in [1.29, 1.82) is 5.26 Å². The lowest BCUT2D eigenvalue weighted by molar-refractivity contribution is 0.183. The molecule has 0 spiro atoms. The Morgan fingerprint density at radius 3 is 2.78 bits per heavy atom. The average Bonchev–Trinajstić information content (AvgIpc) is 2.40. The quantitative estimate of drug-likeness (QED) is 0.839. The van der Waals surface area contributed by atoms with Crippen LogP contribution in [0.3, 0.4) is 0 Å². The smallest absolute Gasteiger partial charge is 0.138 e. The van der Waals surface area contributed by atoms with E-state index in [4.69, 9.17) is 21.6 Å². The fourth-order valence-electron chi connectivity index (χ4n) is 2.18. The molecule has 1 aliphatic rings.